The monoisotopic (exact) mass is 411 g/mol. The fourth-order valence-corrected chi connectivity index (χ4v) is 3.03. The fourth-order valence-electron chi connectivity index (χ4n) is 2.83. The number of aliphatic hydroxyl groups is 1. The van der Waals surface area contributed by atoms with Gasteiger partial charge in [-0.15, -0.1) is 0 Å². The molecule has 0 spiro atoms. The summed E-state index contributed by atoms with van der Waals surface area (Å²) >= 11 is 5.95. The number of benzene rings is 3. The quantitative estimate of drug-likeness (QED) is 0.445. The second-order valence-electron chi connectivity index (χ2n) is 6.60. The number of carbonyl (C=O) groups is 1. The molecule has 5 nitrogen and oxygen atoms in total. The first-order valence-electron chi connectivity index (χ1n) is 9.25. The van der Waals surface area contributed by atoms with E-state index in [1.807, 2.05) is 36.4 Å². The number of rotatable bonds is 9. The van der Waals surface area contributed by atoms with Gasteiger partial charge in [0.1, 0.15) is 11.5 Å². The molecule has 0 aliphatic rings. The third-order valence-electron chi connectivity index (χ3n) is 4.42. The SMILES string of the molecule is O=C(O)c1ccc(Oc2ccc(CCNC[C@H](O)c3cccc(Cl)c3)cc2)cc1. The number of halogens is 1. The highest BCUT2D eigenvalue weighted by atomic mass is 35.5. The Morgan fingerprint density at radius 2 is 1.66 bits per heavy atom. The van der Waals surface area contributed by atoms with Crippen molar-refractivity contribution in [1.82, 2.24) is 5.32 Å². The molecule has 29 heavy (non-hydrogen) atoms. The van der Waals surface area contributed by atoms with Crippen molar-refractivity contribution in [2.45, 2.75) is 12.5 Å². The lowest BCUT2D eigenvalue weighted by Crippen LogP contribution is -2.23. The molecule has 0 unspecified atom stereocenters. The average Bonchev–Trinajstić information content (AvgIpc) is 2.72. The van der Waals surface area contributed by atoms with Crippen molar-refractivity contribution in [3.63, 3.8) is 0 Å². The highest BCUT2D eigenvalue weighted by molar-refractivity contribution is 6.30. The van der Waals surface area contributed by atoms with Gasteiger partial charge in [-0.1, -0.05) is 35.9 Å². The minimum Gasteiger partial charge on any atom is -0.478 e. The summed E-state index contributed by atoms with van der Waals surface area (Å²) in [6.45, 7) is 1.18. The summed E-state index contributed by atoms with van der Waals surface area (Å²) < 4.78 is 5.73. The summed E-state index contributed by atoms with van der Waals surface area (Å²) in [5.74, 6) is 0.301. The molecule has 0 amide bonds. The number of aliphatic hydroxyl groups excluding tert-OH is 1. The lowest BCUT2D eigenvalue weighted by Gasteiger charge is -2.13. The van der Waals surface area contributed by atoms with E-state index < -0.39 is 12.1 Å². The van der Waals surface area contributed by atoms with Gasteiger partial charge in [0.15, 0.2) is 0 Å². The van der Waals surface area contributed by atoms with E-state index in [-0.39, 0.29) is 5.56 Å². The van der Waals surface area contributed by atoms with Gasteiger partial charge in [0.2, 0.25) is 0 Å². The standard InChI is InChI=1S/C23H22ClNO4/c24-19-3-1-2-18(14-19)22(26)15-25-13-12-16-4-8-20(9-5-16)29-21-10-6-17(7-11-21)23(27)28/h1-11,14,22,25-26H,12-13,15H2,(H,27,28)/t22-/m0/s1. The number of hydrogen-bond donors (Lipinski definition) is 3. The summed E-state index contributed by atoms with van der Waals surface area (Å²) in [5, 5.41) is 23.0. The van der Waals surface area contributed by atoms with Gasteiger partial charge in [-0.05, 0) is 72.6 Å². The number of carboxylic acid groups (broad SMARTS) is 1. The van der Waals surface area contributed by atoms with Crippen LogP contribution in [-0.2, 0) is 6.42 Å². The second-order valence-corrected chi connectivity index (χ2v) is 7.04. The van der Waals surface area contributed by atoms with E-state index in [4.69, 9.17) is 21.4 Å². The number of nitrogens with one attached hydrogen (secondary N) is 1. The molecule has 3 aromatic rings. The molecule has 0 bridgehead atoms. The zero-order valence-electron chi connectivity index (χ0n) is 15.7. The smallest absolute Gasteiger partial charge is 0.335 e. The van der Waals surface area contributed by atoms with E-state index in [0.29, 0.717) is 23.1 Å². The maximum atomic E-state index is 10.9. The van der Waals surface area contributed by atoms with Crippen LogP contribution in [0.4, 0.5) is 0 Å². The third kappa shape index (κ3) is 6.32. The highest BCUT2D eigenvalue weighted by Gasteiger charge is 2.07. The molecule has 0 radical (unpaired) electrons. The van der Waals surface area contributed by atoms with Crippen molar-refractivity contribution in [2.75, 3.05) is 13.1 Å². The number of hydrogen-bond acceptors (Lipinski definition) is 4. The Bertz CT molecular complexity index is 942. The number of ether oxygens (including phenoxy) is 1. The van der Waals surface area contributed by atoms with E-state index in [0.717, 1.165) is 24.1 Å². The largest absolute Gasteiger partial charge is 0.478 e. The van der Waals surface area contributed by atoms with Gasteiger partial charge in [0.25, 0.3) is 0 Å². The molecule has 0 saturated carbocycles. The molecule has 150 valence electrons. The third-order valence-corrected chi connectivity index (χ3v) is 4.66. The van der Waals surface area contributed by atoms with Gasteiger partial charge >= 0.3 is 5.97 Å². The van der Waals surface area contributed by atoms with Crippen LogP contribution in [-0.4, -0.2) is 29.3 Å². The first-order valence-corrected chi connectivity index (χ1v) is 9.63. The van der Waals surface area contributed by atoms with Crippen molar-refractivity contribution in [3.8, 4) is 11.5 Å². The van der Waals surface area contributed by atoms with Gasteiger partial charge < -0.3 is 20.3 Å². The molecule has 0 aliphatic heterocycles. The lowest BCUT2D eigenvalue weighted by molar-refractivity contribution is 0.0697. The topological polar surface area (TPSA) is 78.8 Å². The minimum atomic E-state index is -0.963. The van der Waals surface area contributed by atoms with Crippen LogP contribution >= 0.6 is 11.6 Å². The van der Waals surface area contributed by atoms with E-state index in [2.05, 4.69) is 5.32 Å². The van der Waals surface area contributed by atoms with Crippen LogP contribution in [0.3, 0.4) is 0 Å². The first-order chi connectivity index (χ1) is 14.0. The van der Waals surface area contributed by atoms with E-state index in [9.17, 15) is 9.90 Å². The van der Waals surface area contributed by atoms with Crippen molar-refractivity contribution in [3.05, 3.63) is 94.5 Å². The van der Waals surface area contributed by atoms with Crippen LogP contribution in [0.1, 0.15) is 27.6 Å². The van der Waals surface area contributed by atoms with Crippen molar-refractivity contribution < 1.29 is 19.7 Å². The zero-order valence-corrected chi connectivity index (χ0v) is 16.5. The Hall–Kier alpha value is -2.86. The molecule has 6 heteroatoms. The molecule has 0 fully saturated rings. The summed E-state index contributed by atoms with van der Waals surface area (Å²) in [4.78, 5) is 10.9. The number of carboxylic acids is 1. The van der Waals surface area contributed by atoms with Crippen molar-refractivity contribution in [2.24, 2.45) is 0 Å². The molecule has 3 N–H and O–H groups in total. The Morgan fingerprint density at radius 3 is 2.28 bits per heavy atom. The van der Waals surface area contributed by atoms with Gasteiger partial charge in [-0.3, -0.25) is 0 Å². The maximum absolute atomic E-state index is 10.9. The van der Waals surface area contributed by atoms with Crippen LogP contribution < -0.4 is 10.1 Å². The van der Waals surface area contributed by atoms with E-state index in [1.54, 1.807) is 24.3 Å². The minimum absolute atomic E-state index is 0.223. The van der Waals surface area contributed by atoms with Gasteiger partial charge in [0.05, 0.1) is 11.7 Å². The Balaban J connectivity index is 1.44. The molecule has 0 aliphatic carbocycles. The summed E-state index contributed by atoms with van der Waals surface area (Å²) in [6.07, 6.45) is 0.215. The van der Waals surface area contributed by atoms with E-state index in [1.165, 1.54) is 12.1 Å². The van der Waals surface area contributed by atoms with Crippen molar-refractivity contribution >= 4 is 17.6 Å². The van der Waals surface area contributed by atoms with Crippen molar-refractivity contribution in [1.29, 1.82) is 0 Å². The first kappa shape index (κ1) is 20.9. The second kappa shape index (κ2) is 10.1. The summed E-state index contributed by atoms with van der Waals surface area (Å²) in [6, 6.07) is 21.2. The number of aromatic carboxylic acids is 1. The molecule has 0 heterocycles. The maximum Gasteiger partial charge on any atom is 0.335 e. The normalized spacial score (nSPS) is 11.8. The average molecular weight is 412 g/mol. The van der Waals surface area contributed by atoms with Crippen LogP contribution in [0.2, 0.25) is 5.02 Å². The fraction of sp³-hybridized carbons (Fsp3) is 0.174. The predicted octanol–water partition coefficient (Wildman–Crippen LogP) is 4.70. The highest BCUT2D eigenvalue weighted by Crippen LogP contribution is 2.22. The summed E-state index contributed by atoms with van der Waals surface area (Å²) in [7, 11) is 0. The molecule has 0 saturated heterocycles. The lowest BCUT2D eigenvalue weighted by atomic mass is 10.1. The van der Waals surface area contributed by atoms with Crippen LogP contribution in [0.5, 0.6) is 11.5 Å². The molecular weight excluding hydrogens is 390 g/mol. The predicted molar refractivity (Wildman–Crippen MR) is 113 cm³/mol. The van der Waals surface area contributed by atoms with Gasteiger partial charge in [0, 0.05) is 11.6 Å². The molecule has 0 aromatic heterocycles. The molecule has 3 aromatic carbocycles. The van der Waals surface area contributed by atoms with Gasteiger partial charge in [-0.25, -0.2) is 4.79 Å². The summed E-state index contributed by atoms with van der Waals surface area (Å²) in [5.41, 5.74) is 2.16. The molecule has 3 rings (SSSR count). The van der Waals surface area contributed by atoms with E-state index >= 15 is 0 Å². The Kier molecular flexibility index (Phi) is 7.25. The Morgan fingerprint density at radius 1 is 1.00 bits per heavy atom. The zero-order chi connectivity index (χ0) is 20.6. The molecule has 1 atom stereocenters. The van der Waals surface area contributed by atoms with Crippen LogP contribution in [0, 0.1) is 0 Å². The van der Waals surface area contributed by atoms with Gasteiger partial charge in [-0.2, -0.15) is 0 Å². The van der Waals surface area contributed by atoms with Crippen LogP contribution in [0.25, 0.3) is 0 Å². The van der Waals surface area contributed by atoms with Crippen LogP contribution in [0.15, 0.2) is 72.8 Å². The molecular formula is C23H22ClNO4. The Labute approximate surface area is 174 Å².